The van der Waals surface area contributed by atoms with Gasteiger partial charge in [0.25, 0.3) is 0 Å². The van der Waals surface area contributed by atoms with Gasteiger partial charge in [-0.15, -0.1) is 11.3 Å². The molecule has 0 atom stereocenters. The first-order valence-electron chi connectivity index (χ1n) is 5.83. The van der Waals surface area contributed by atoms with Gasteiger partial charge >= 0.3 is 0 Å². The van der Waals surface area contributed by atoms with Gasteiger partial charge in [-0.1, -0.05) is 12.1 Å². The Hall–Kier alpha value is -1.28. The highest BCUT2D eigenvalue weighted by Crippen LogP contribution is 2.25. The highest BCUT2D eigenvalue weighted by Gasteiger charge is 2.24. The van der Waals surface area contributed by atoms with Crippen LogP contribution in [0.1, 0.15) is 10.4 Å². The number of hydrogen-bond donors (Lipinski definition) is 1. The van der Waals surface area contributed by atoms with Gasteiger partial charge in [0.15, 0.2) is 0 Å². The van der Waals surface area contributed by atoms with Crippen LogP contribution in [0.15, 0.2) is 40.6 Å². The van der Waals surface area contributed by atoms with Crippen molar-refractivity contribution in [2.75, 3.05) is 7.05 Å². The Morgan fingerprint density at radius 1 is 1.25 bits per heavy atom. The minimum Gasteiger partial charge on any atom is -0.391 e. The van der Waals surface area contributed by atoms with Gasteiger partial charge in [-0.3, -0.25) is 0 Å². The second kappa shape index (κ2) is 6.01. The molecule has 20 heavy (non-hydrogen) atoms. The molecule has 0 spiro atoms. The minimum absolute atomic E-state index is 0.120. The van der Waals surface area contributed by atoms with E-state index in [1.54, 1.807) is 17.5 Å². The molecule has 0 aliphatic rings. The van der Waals surface area contributed by atoms with E-state index >= 15 is 0 Å². The SMILES string of the molecule is CN(Cc1ccc(F)cc1)S(=O)(=O)c1ccsc1CO. The molecule has 0 saturated heterocycles. The average molecular weight is 315 g/mol. The molecule has 4 nitrogen and oxygen atoms in total. The molecule has 108 valence electrons. The number of halogens is 1. The summed E-state index contributed by atoms with van der Waals surface area (Å²) < 4.78 is 38.8. The molecule has 0 saturated carbocycles. The van der Waals surface area contributed by atoms with E-state index in [0.29, 0.717) is 10.4 Å². The Kier molecular flexibility index (Phi) is 4.54. The fourth-order valence-corrected chi connectivity index (χ4v) is 4.19. The summed E-state index contributed by atoms with van der Waals surface area (Å²) in [6, 6.07) is 7.15. The normalized spacial score (nSPS) is 12.0. The lowest BCUT2D eigenvalue weighted by Crippen LogP contribution is -2.26. The number of hydrogen-bond acceptors (Lipinski definition) is 4. The predicted molar refractivity (Wildman–Crippen MR) is 75.3 cm³/mol. The topological polar surface area (TPSA) is 57.6 Å². The molecule has 1 aromatic heterocycles. The van der Waals surface area contributed by atoms with Gasteiger partial charge in [0.1, 0.15) is 5.82 Å². The van der Waals surface area contributed by atoms with Crippen LogP contribution in [-0.2, 0) is 23.2 Å². The molecule has 0 amide bonds. The third-order valence-corrected chi connectivity index (χ3v) is 5.78. The van der Waals surface area contributed by atoms with Gasteiger partial charge in [-0.2, -0.15) is 4.31 Å². The number of sulfonamides is 1. The molecule has 0 aliphatic heterocycles. The zero-order valence-corrected chi connectivity index (χ0v) is 12.4. The lowest BCUT2D eigenvalue weighted by molar-refractivity contribution is 0.282. The molecule has 0 fully saturated rings. The van der Waals surface area contributed by atoms with E-state index in [9.17, 15) is 12.8 Å². The fourth-order valence-electron chi connectivity index (χ4n) is 1.77. The smallest absolute Gasteiger partial charge is 0.244 e. The molecule has 1 heterocycles. The molecule has 2 rings (SSSR count). The van der Waals surface area contributed by atoms with Crippen LogP contribution in [0.4, 0.5) is 4.39 Å². The fraction of sp³-hybridized carbons (Fsp3) is 0.231. The Labute approximate surface area is 121 Å². The maximum absolute atomic E-state index is 12.8. The van der Waals surface area contributed by atoms with Crippen LogP contribution in [-0.4, -0.2) is 24.9 Å². The quantitative estimate of drug-likeness (QED) is 0.920. The first-order chi connectivity index (χ1) is 9.45. The van der Waals surface area contributed by atoms with Crippen molar-refractivity contribution in [2.45, 2.75) is 18.0 Å². The van der Waals surface area contributed by atoms with Gasteiger partial charge in [-0.05, 0) is 29.1 Å². The zero-order chi connectivity index (χ0) is 14.8. The van der Waals surface area contributed by atoms with E-state index in [1.165, 1.54) is 40.9 Å². The van der Waals surface area contributed by atoms with Crippen molar-refractivity contribution < 1.29 is 17.9 Å². The van der Waals surface area contributed by atoms with E-state index in [4.69, 9.17) is 5.11 Å². The number of aliphatic hydroxyl groups excluding tert-OH is 1. The number of nitrogens with zero attached hydrogens (tertiary/aromatic N) is 1. The average Bonchev–Trinajstić information content (AvgIpc) is 2.90. The third kappa shape index (κ3) is 3.06. The summed E-state index contributed by atoms with van der Waals surface area (Å²) in [5.74, 6) is -0.361. The van der Waals surface area contributed by atoms with Crippen LogP contribution >= 0.6 is 11.3 Å². The van der Waals surface area contributed by atoms with E-state index in [2.05, 4.69) is 0 Å². The molecular weight excluding hydrogens is 301 g/mol. The van der Waals surface area contributed by atoms with Crippen LogP contribution in [0.2, 0.25) is 0 Å². The van der Waals surface area contributed by atoms with Crippen LogP contribution in [0.5, 0.6) is 0 Å². The third-order valence-electron chi connectivity index (χ3n) is 2.85. The number of aliphatic hydroxyl groups is 1. The maximum Gasteiger partial charge on any atom is 0.244 e. The molecule has 2 aromatic rings. The number of thiophene rings is 1. The molecule has 7 heteroatoms. The Bertz CT molecular complexity index is 680. The van der Waals surface area contributed by atoms with Crippen molar-refractivity contribution in [3.05, 3.63) is 52.0 Å². The molecule has 0 unspecified atom stereocenters. The van der Waals surface area contributed by atoms with Gasteiger partial charge in [-0.25, -0.2) is 12.8 Å². The van der Waals surface area contributed by atoms with E-state index in [-0.39, 0.29) is 23.9 Å². The summed E-state index contributed by atoms with van der Waals surface area (Å²) in [6.45, 7) is -0.167. The summed E-state index contributed by atoms with van der Waals surface area (Å²) in [5, 5.41) is 10.8. The lowest BCUT2D eigenvalue weighted by atomic mass is 10.2. The van der Waals surface area contributed by atoms with Crippen LogP contribution in [0, 0.1) is 5.82 Å². The van der Waals surface area contributed by atoms with E-state index in [1.807, 2.05) is 0 Å². The van der Waals surface area contributed by atoms with E-state index in [0.717, 1.165) is 0 Å². The van der Waals surface area contributed by atoms with Gasteiger partial charge in [0, 0.05) is 18.5 Å². The van der Waals surface area contributed by atoms with Crippen LogP contribution in [0.3, 0.4) is 0 Å². The molecule has 1 N–H and O–H groups in total. The van der Waals surface area contributed by atoms with Gasteiger partial charge < -0.3 is 5.11 Å². The first kappa shape index (κ1) is 15.1. The monoisotopic (exact) mass is 315 g/mol. The summed E-state index contributed by atoms with van der Waals surface area (Å²) in [7, 11) is -2.20. The lowest BCUT2D eigenvalue weighted by Gasteiger charge is -2.17. The molecule has 0 radical (unpaired) electrons. The van der Waals surface area contributed by atoms with Crippen molar-refractivity contribution in [1.29, 1.82) is 0 Å². The zero-order valence-electron chi connectivity index (χ0n) is 10.8. The number of benzene rings is 1. The second-order valence-corrected chi connectivity index (χ2v) is 7.27. The molecule has 0 bridgehead atoms. The summed E-state index contributed by atoms with van der Waals surface area (Å²) >= 11 is 1.20. The van der Waals surface area contributed by atoms with Crippen LogP contribution in [0.25, 0.3) is 0 Å². The van der Waals surface area contributed by atoms with Crippen molar-refractivity contribution in [3.63, 3.8) is 0 Å². The minimum atomic E-state index is -3.66. The van der Waals surface area contributed by atoms with Crippen molar-refractivity contribution >= 4 is 21.4 Å². The largest absolute Gasteiger partial charge is 0.391 e. The van der Waals surface area contributed by atoms with E-state index < -0.39 is 10.0 Å². The van der Waals surface area contributed by atoms with Crippen molar-refractivity contribution in [2.24, 2.45) is 0 Å². The summed E-state index contributed by atoms with van der Waals surface area (Å²) in [5.41, 5.74) is 0.693. The first-order valence-corrected chi connectivity index (χ1v) is 8.15. The summed E-state index contributed by atoms with van der Waals surface area (Å²) in [4.78, 5) is 0.533. The standard InChI is InChI=1S/C13H14FNO3S2/c1-15(8-10-2-4-11(14)5-3-10)20(17,18)13-6-7-19-12(13)9-16/h2-7,16H,8-9H2,1H3. The van der Waals surface area contributed by atoms with Crippen molar-refractivity contribution in [1.82, 2.24) is 4.31 Å². The van der Waals surface area contributed by atoms with Crippen molar-refractivity contribution in [3.8, 4) is 0 Å². The molecule has 0 aliphatic carbocycles. The Morgan fingerprint density at radius 2 is 1.90 bits per heavy atom. The predicted octanol–water partition coefficient (Wildman–Crippen LogP) is 2.20. The van der Waals surface area contributed by atoms with Gasteiger partial charge in [0.05, 0.1) is 11.5 Å². The Morgan fingerprint density at radius 3 is 2.50 bits per heavy atom. The second-order valence-electron chi connectivity index (χ2n) is 4.25. The number of rotatable bonds is 5. The summed E-state index contributed by atoms with van der Waals surface area (Å²) in [6.07, 6.45) is 0. The Balaban J connectivity index is 2.23. The molecular formula is C13H14FNO3S2. The molecule has 1 aromatic carbocycles. The highest BCUT2D eigenvalue weighted by atomic mass is 32.2. The van der Waals surface area contributed by atoms with Crippen LogP contribution < -0.4 is 0 Å². The highest BCUT2D eigenvalue weighted by molar-refractivity contribution is 7.89. The van der Waals surface area contributed by atoms with Gasteiger partial charge in [0.2, 0.25) is 10.0 Å². The maximum atomic E-state index is 12.8.